The van der Waals surface area contributed by atoms with Crippen LogP contribution in [0.2, 0.25) is 0 Å². The number of anilines is 4. The maximum atomic E-state index is 14.6. The van der Waals surface area contributed by atoms with E-state index in [1.54, 1.807) is 7.05 Å². The second-order valence-corrected chi connectivity index (χ2v) is 6.76. The van der Waals surface area contributed by atoms with E-state index in [0.29, 0.717) is 5.70 Å². The van der Waals surface area contributed by atoms with Crippen molar-refractivity contribution in [3.63, 3.8) is 0 Å². The topological polar surface area (TPSA) is 117 Å². The smallest absolute Gasteiger partial charge is 0.247 e. The number of halogens is 3. The molecular formula is C23H20F3N7O. The van der Waals surface area contributed by atoms with Gasteiger partial charge in [-0.25, -0.2) is 18.2 Å². The van der Waals surface area contributed by atoms with Gasteiger partial charge in [-0.2, -0.15) is 4.98 Å². The molecule has 0 radical (unpaired) electrons. The van der Waals surface area contributed by atoms with Gasteiger partial charge >= 0.3 is 0 Å². The molecule has 0 unspecified atom stereocenters. The summed E-state index contributed by atoms with van der Waals surface area (Å²) in [5.41, 5.74) is 6.45. The van der Waals surface area contributed by atoms with E-state index in [0.717, 1.165) is 30.3 Å². The summed E-state index contributed by atoms with van der Waals surface area (Å²) in [6.07, 6.45) is 5.05. The van der Waals surface area contributed by atoms with E-state index in [2.05, 4.69) is 37.5 Å². The first kappa shape index (κ1) is 24.0. The van der Waals surface area contributed by atoms with Crippen molar-refractivity contribution < 1.29 is 18.0 Å². The Labute approximate surface area is 193 Å². The van der Waals surface area contributed by atoms with Crippen molar-refractivity contribution in [2.24, 2.45) is 10.7 Å². The van der Waals surface area contributed by atoms with Gasteiger partial charge < -0.3 is 21.7 Å². The molecule has 174 valence electrons. The van der Waals surface area contributed by atoms with Crippen molar-refractivity contribution in [3.8, 4) is 11.1 Å². The lowest BCUT2D eigenvalue weighted by Crippen LogP contribution is -2.10. The van der Waals surface area contributed by atoms with Gasteiger partial charge in [0.15, 0.2) is 0 Å². The monoisotopic (exact) mass is 467 g/mol. The van der Waals surface area contributed by atoms with Gasteiger partial charge in [-0.05, 0) is 42.0 Å². The third-order valence-electron chi connectivity index (χ3n) is 4.34. The molecule has 3 rings (SSSR count). The fourth-order valence-corrected chi connectivity index (χ4v) is 2.86. The van der Waals surface area contributed by atoms with Gasteiger partial charge in [0, 0.05) is 43.0 Å². The number of nitrogens with one attached hydrogen (secondary N) is 3. The molecule has 0 spiro atoms. The average molecular weight is 467 g/mol. The number of aromatic nitrogens is 2. The van der Waals surface area contributed by atoms with Gasteiger partial charge in [0.05, 0.1) is 11.4 Å². The van der Waals surface area contributed by atoms with Crippen molar-refractivity contribution in [1.29, 1.82) is 0 Å². The SMILES string of the molecule is C=CC(=O)Nc1ccc(F)c(Nc2nc(NC(C=NC)=CN)ncc2-c2cc(F)cc(F)c2)c1. The minimum absolute atomic E-state index is 0.0263. The molecule has 0 atom stereocenters. The standard InChI is InChI=1S/C23H20F3N7O/c1-3-21(34)30-16-4-5-19(26)20(9-16)32-22-18(13-6-14(24)8-15(25)7-13)12-29-23(33-22)31-17(10-27)11-28-2/h3-12H,1,27H2,2H3,(H,30,34)(H2,29,31,32,33). The molecule has 8 nitrogen and oxygen atoms in total. The Kier molecular flexibility index (Phi) is 7.60. The first-order valence-corrected chi connectivity index (χ1v) is 9.77. The first-order chi connectivity index (χ1) is 16.3. The van der Waals surface area contributed by atoms with Crippen LogP contribution < -0.4 is 21.7 Å². The van der Waals surface area contributed by atoms with Crippen LogP contribution >= 0.6 is 0 Å². The Morgan fingerprint density at radius 2 is 1.85 bits per heavy atom. The van der Waals surface area contributed by atoms with Gasteiger partial charge in [0.2, 0.25) is 11.9 Å². The third kappa shape index (κ3) is 5.97. The lowest BCUT2D eigenvalue weighted by Gasteiger charge is -2.15. The van der Waals surface area contributed by atoms with Crippen molar-refractivity contribution in [2.45, 2.75) is 0 Å². The second kappa shape index (κ2) is 10.8. The summed E-state index contributed by atoms with van der Waals surface area (Å²) in [5.74, 6) is -2.69. The van der Waals surface area contributed by atoms with Gasteiger partial charge in [-0.1, -0.05) is 6.58 Å². The zero-order chi connectivity index (χ0) is 24.7. The second-order valence-electron chi connectivity index (χ2n) is 6.76. The van der Waals surface area contributed by atoms with E-state index in [4.69, 9.17) is 5.73 Å². The number of allylic oxidation sites excluding steroid dienone is 1. The number of nitrogens with two attached hydrogens (primary N) is 1. The van der Waals surface area contributed by atoms with Crippen LogP contribution in [0.3, 0.4) is 0 Å². The third-order valence-corrected chi connectivity index (χ3v) is 4.34. The number of hydrogen-bond acceptors (Lipinski definition) is 7. The Bertz CT molecular complexity index is 1270. The number of carbonyl (C=O) groups is 1. The molecule has 0 fully saturated rings. The number of carbonyl (C=O) groups excluding carboxylic acids is 1. The van der Waals surface area contributed by atoms with Gasteiger partial charge in [-0.3, -0.25) is 9.79 Å². The summed E-state index contributed by atoms with van der Waals surface area (Å²) in [7, 11) is 1.54. The number of amides is 1. The van der Waals surface area contributed by atoms with E-state index in [-0.39, 0.29) is 34.3 Å². The number of aliphatic imine (C=N–C) groups is 1. The number of benzene rings is 2. The van der Waals surface area contributed by atoms with Crippen molar-refractivity contribution in [2.75, 3.05) is 23.0 Å². The zero-order valence-corrected chi connectivity index (χ0v) is 17.9. The number of rotatable bonds is 8. The lowest BCUT2D eigenvalue weighted by molar-refractivity contribution is -0.111. The predicted octanol–water partition coefficient (Wildman–Crippen LogP) is 4.34. The van der Waals surface area contributed by atoms with Crippen LogP contribution in [-0.4, -0.2) is 29.1 Å². The largest absolute Gasteiger partial charge is 0.403 e. The summed E-state index contributed by atoms with van der Waals surface area (Å²) >= 11 is 0. The molecule has 0 bridgehead atoms. The van der Waals surface area contributed by atoms with E-state index in [1.165, 1.54) is 30.7 Å². The summed E-state index contributed by atoms with van der Waals surface area (Å²) in [6, 6.07) is 6.73. The highest BCUT2D eigenvalue weighted by atomic mass is 19.1. The van der Waals surface area contributed by atoms with E-state index in [9.17, 15) is 18.0 Å². The van der Waals surface area contributed by atoms with Gasteiger partial charge in [0.1, 0.15) is 23.3 Å². The molecule has 2 aromatic carbocycles. The Morgan fingerprint density at radius 1 is 1.12 bits per heavy atom. The molecule has 0 aliphatic rings. The molecule has 1 heterocycles. The van der Waals surface area contributed by atoms with Crippen LogP contribution in [0.15, 0.2) is 72.1 Å². The quantitative estimate of drug-likeness (QED) is 0.289. The van der Waals surface area contributed by atoms with Crippen LogP contribution in [0, 0.1) is 17.5 Å². The molecule has 3 aromatic rings. The first-order valence-electron chi connectivity index (χ1n) is 9.77. The molecule has 0 saturated heterocycles. The van der Waals surface area contributed by atoms with Crippen LogP contribution in [-0.2, 0) is 4.79 Å². The number of hydrogen-bond donors (Lipinski definition) is 4. The normalized spacial score (nSPS) is 11.4. The summed E-state index contributed by atoms with van der Waals surface area (Å²) in [5, 5.41) is 8.15. The molecule has 34 heavy (non-hydrogen) atoms. The van der Waals surface area contributed by atoms with Crippen LogP contribution in [0.1, 0.15) is 0 Å². The Morgan fingerprint density at radius 3 is 2.50 bits per heavy atom. The van der Waals surface area contributed by atoms with E-state index < -0.39 is 23.4 Å². The highest BCUT2D eigenvalue weighted by Gasteiger charge is 2.15. The fraction of sp³-hybridized carbons (Fsp3) is 0.0435. The van der Waals surface area contributed by atoms with Crippen molar-refractivity contribution in [1.82, 2.24) is 9.97 Å². The Balaban J connectivity index is 2.08. The Hall–Kier alpha value is -4.67. The maximum Gasteiger partial charge on any atom is 0.247 e. The van der Waals surface area contributed by atoms with E-state index >= 15 is 0 Å². The predicted molar refractivity (Wildman–Crippen MR) is 126 cm³/mol. The van der Waals surface area contributed by atoms with E-state index in [1.807, 2.05) is 0 Å². The van der Waals surface area contributed by atoms with Crippen LogP contribution in [0.4, 0.5) is 36.3 Å². The highest BCUT2D eigenvalue weighted by molar-refractivity contribution is 5.99. The molecule has 5 N–H and O–H groups in total. The fourth-order valence-electron chi connectivity index (χ4n) is 2.86. The maximum absolute atomic E-state index is 14.6. The lowest BCUT2D eigenvalue weighted by atomic mass is 10.1. The molecule has 11 heteroatoms. The average Bonchev–Trinajstić information content (AvgIpc) is 2.80. The van der Waals surface area contributed by atoms with Crippen LogP contribution in [0.5, 0.6) is 0 Å². The van der Waals surface area contributed by atoms with Crippen molar-refractivity contribution >= 4 is 35.3 Å². The highest BCUT2D eigenvalue weighted by Crippen LogP contribution is 2.32. The minimum atomic E-state index is -0.809. The number of nitrogens with zero attached hydrogens (tertiary/aromatic N) is 3. The molecule has 0 aliphatic heterocycles. The molecule has 0 saturated carbocycles. The molecule has 1 amide bonds. The summed E-state index contributed by atoms with van der Waals surface area (Å²) < 4.78 is 42.3. The summed E-state index contributed by atoms with van der Waals surface area (Å²) in [6.45, 7) is 3.37. The summed E-state index contributed by atoms with van der Waals surface area (Å²) in [4.78, 5) is 23.9. The molecular weight excluding hydrogens is 447 g/mol. The minimum Gasteiger partial charge on any atom is -0.403 e. The zero-order valence-electron chi connectivity index (χ0n) is 17.9. The van der Waals surface area contributed by atoms with Crippen LogP contribution in [0.25, 0.3) is 11.1 Å². The van der Waals surface area contributed by atoms with Crippen molar-refractivity contribution in [3.05, 3.63) is 84.6 Å². The molecule has 0 aliphatic carbocycles. The molecule has 1 aromatic heterocycles. The van der Waals surface area contributed by atoms with Gasteiger partial charge in [-0.15, -0.1) is 0 Å². The van der Waals surface area contributed by atoms with Gasteiger partial charge in [0.25, 0.3) is 0 Å².